The minimum absolute atomic E-state index is 0.0101. The van der Waals surface area contributed by atoms with Crippen LogP contribution in [0.5, 0.6) is 0 Å². The summed E-state index contributed by atoms with van der Waals surface area (Å²) in [7, 11) is 0. The molecule has 0 aromatic heterocycles. The summed E-state index contributed by atoms with van der Waals surface area (Å²) in [6.07, 6.45) is 0. The Morgan fingerprint density at radius 3 is 2.94 bits per heavy atom. The molecule has 1 aromatic carbocycles. The zero-order chi connectivity index (χ0) is 12.9. The van der Waals surface area contributed by atoms with E-state index >= 15 is 0 Å². The molecule has 0 fully saturated rings. The highest BCUT2D eigenvalue weighted by Gasteiger charge is 2.11. The van der Waals surface area contributed by atoms with Crippen molar-refractivity contribution in [2.24, 2.45) is 5.11 Å². The first kappa shape index (κ1) is 10.5. The van der Waals surface area contributed by atoms with E-state index in [0.717, 1.165) is 15.7 Å². The first-order chi connectivity index (χ1) is 8.61. The Balaban J connectivity index is 2.66. The van der Waals surface area contributed by atoms with Crippen LogP contribution >= 0.6 is 0 Å². The van der Waals surface area contributed by atoms with Crippen LogP contribution in [0.3, 0.4) is 0 Å². The largest absolute Gasteiger partial charge is 0.321 e. The van der Waals surface area contributed by atoms with Crippen LogP contribution in [0.25, 0.3) is 10.8 Å². The zero-order valence-corrected chi connectivity index (χ0v) is 9.56. The van der Waals surface area contributed by atoms with Gasteiger partial charge in [0.25, 0.3) is 5.95 Å². The number of aromatic amines is 1. The Kier molecular flexibility index (Phi) is 1.97. The number of nitrogen functional groups attached to an aromatic ring is 1. The van der Waals surface area contributed by atoms with Gasteiger partial charge in [0.2, 0.25) is 5.43 Å². The predicted molar refractivity (Wildman–Crippen MR) is 65.3 cm³/mol. The lowest BCUT2D eigenvalue weighted by Gasteiger charge is -2.00. The molecule has 90 valence electrons. The summed E-state index contributed by atoms with van der Waals surface area (Å²) in [5.74, 6) is 5.57. The summed E-state index contributed by atoms with van der Waals surface area (Å²) in [5.41, 5.74) is 7.86. The fourth-order valence-corrected chi connectivity index (χ4v) is 2.05. The fourth-order valence-electron chi connectivity index (χ4n) is 2.05. The third-order valence-corrected chi connectivity index (χ3v) is 2.90. The molecule has 0 saturated carbocycles. The normalized spacial score (nSPS) is 11.2. The van der Waals surface area contributed by atoms with Gasteiger partial charge >= 0.3 is 0 Å². The molecule has 0 radical (unpaired) electrons. The van der Waals surface area contributed by atoms with E-state index in [0.29, 0.717) is 16.1 Å². The number of aryl methyl sites for hydroxylation is 1. The molecule has 0 saturated heterocycles. The van der Waals surface area contributed by atoms with E-state index in [1.165, 1.54) is 0 Å². The van der Waals surface area contributed by atoms with Gasteiger partial charge in [-0.2, -0.15) is 4.79 Å². The number of nitrogens with two attached hydrogens (primary N) is 1. The molecule has 0 bridgehead atoms. The van der Waals surface area contributed by atoms with Crippen LogP contribution in [0.15, 0.2) is 28.1 Å². The Morgan fingerprint density at radius 2 is 2.22 bits per heavy atom. The molecule has 7 heteroatoms. The molecule has 1 aliphatic carbocycles. The zero-order valence-electron chi connectivity index (χ0n) is 9.56. The van der Waals surface area contributed by atoms with E-state index in [-0.39, 0.29) is 11.4 Å². The number of nitrogens with zero attached hydrogens (tertiary/aromatic N) is 3. The SMILES string of the molecule is Cc1ccc2c(=O)c3[nH]n(N)c(N=N)nc=3c2c1. The molecule has 0 spiro atoms. The van der Waals surface area contributed by atoms with Crippen molar-refractivity contribution in [3.63, 3.8) is 0 Å². The fraction of sp³-hybridized carbons (Fsp3) is 0.0909. The molecule has 3 rings (SSSR count). The van der Waals surface area contributed by atoms with E-state index in [2.05, 4.69) is 15.2 Å². The monoisotopic (exact) mass is 242 g/mol. The molecular weight excluding hydrogens is 232 g/mol. The number of H-pyrrole nitrogens is 1. The minimum atomic E-state index is -0.150. The van der Waals surface area contributed by atoms with E-state index in [1.54, 1.807) is 6.07 Å². The van der Waals surface area contributed by atoms with Crippen molar-refractivity contribution in [3.8, 4) is 0 Å². The van der Waals surface area contributed by atoms with Gasteiger partial charge in [0.05, 0.1) is 0 Å². The summed E-state index contributed by atoms with van der Waals surface area (Å²) in [6.45, 7) is 1.94. The molecule has 1 aliphatic heterocycles. The number of nitrogens with one attached hydrogen (secondary N) is 2. The lowest BCUT2D eigenvalue weighted by molar-refractivity contribution is 0.736. The van der Waals surface area contributed by atoms with Crippen LogP contribution in [0.4, 0.5) is 5.95 Å². The number of hydrogen-bond donors (Lipinski definition) is 3. The predicted octanol–water partition coefficient (Wildman–Crippen LogP) is 1.13. The second-order valence-corrected chi connectivity index (χ2v) is 4.11. The molecule has 1 heterocycles. The molecule has 4 N–H and O–H groups in total. The third kappa shape index (κ3) is 1.24. The third-order valence-electron chi connectivity index (χ3n) is 2.90. The maximum absolute atomic E-state index is 12.1. The van der Waals surface area contributed by atoms with Crippen LogP contribution in [0.2, 0.25) is 0 Å². The standard InChI is InChI=1S/C11H10N6O/c1-5-2-3-6-7(4-5)8-9(10(6)18)16-17(13)11(14-8)15-12/h2-4,12,16H,13H2,1H3. The molecule has 7 nitrogen and oxygen atoms in total. The topological polar surface area (TPSA) is 113 Å². The van der Waals surface area contributed by atoms with Crippen molar-refractivity contribution in [1.82, 2.24) is 14.9 Å². The quantitative estimate of drug-likeness (QED) is 0.439. The highest BCUT2D eigenvalue weighted by molar-refractivity contribution is 5.84. The summed E-state index contributed by atoms with van der Waals surface area (Å²) in [4.78, 5) is 17.2. The van der Waals surface area contributed by atoms with E-state index in [9.17, 15) is 4.79 Å². The molecule has 1 aromatic rings. The van der Waals surface area contributed by atoms with Crippen molar-refractivity contribution in [3.05, 3.63) is 44.7 Å². The number of benzene rings is 1. The van der Waals surface area contributed by atoms with Gasteiger partial charge in [-0.1, -0.05) is 17.7 Å². The Bertz CT molecular complexity index is 890. The number of fused-ring (bicyclic) bond motifs is 2. The van der Waals surface area contributed by atoms with Crippen molar-refractivity contribution >= 4 is 16.7 Å². The summed E-state index contributed by atoms with van der Waals surface area (Å²) >= 11 is 0. The van der Waals surface area contributed by atoms with Gasteiger partial charge in [0.15, 0.2) is 0 Å². The second-order valence-electron chi connectivity index (χ2n) is 4.11. The molecule has 0 amide bonds. The van der Waals surface area contributed by atoms with Crippen LogP contribution in [-0.4, -0.2) is 14.9 Å². The van der Waals surface area contributed by atoms with Crippen molar-refractivity contribution < 1.29 is 0 Å². The Labute approximate surface area is 100 Å². The van der Waals surface area contributed by atoms with Gasteiger partial charge in [-0.25, -0.2) is 10.5 Å². The van der Waals surface area contributed by atoms with Crippen LogP contribution < -0.4 is 11.3 Å². The Morgan fingerprint density at radius 1 is 1.44 bits per heavy atom. The molecule has 2 aliphatic rings. The number of aromatic nitrogens is 3. The lowest BCUT2D eigenvalue weighted by atomic mass is 10.1. The van der Waals surface area contributed by atoms with Gasteiger partial charge in [-0.3, -0.25) is 9.89 Å². The van der Waals surface area contributed by atoms with Gasteiger partial charge in [-0.05, 0) is 13.0 Å². The van der Waals surface area contributed by atoms with Crippen molar-refractivity contribution in [1.29, 1.82) is 5.53 Å². The molecule has 18 heavy (non-hydrogen) atoms. The van der Waals surface area contributed by atoms with Crippen molar-refractivity contribution in [2.45, 2.75) is 6.92 Å². The van der Waals surface area contributed by atoms with E-state index in [1.807, 2.05) is 19.1 Å². The van der Waals surface area contributed by atoms with Gasteiger partial charge < -0.3 is 5.84 Å². The summed E-state index contributed by atoms with van der Waals surface area (Å²) in [5, 5.41) is 8.04. The number of hydrogen-bond acceptors (Lipinski definition) is 5. The minimum Gasteiger partial charge on any atom is -0.321 e. The van der Waals surface area contributed by atoms with Gasteiger partial charge in [0.1, 0.15) is 10.7 Å². The van der Waals surface area contributed by atoms with Crippen LogP contribution in [0, 0.1) is 23.2 Å². The highest BCUT2D eigenvalue weighted by Crippen LogP contribution is 2.16. The molecule has 0 unspecified atom stereocenters. The highest BCUT2D eigenvalue weighted by atomic mass is 16.1. The molecule has 0 atom stereocenters. The number of rotatable bonds is 1. The lowest BCUT2D eigenvalue weighted by Crippen LogP contribution is -2.17. The summed E-state index contributed by atoms with van der Waals surface area (Å²) in [6, 6.07) is 5.52. The maximum Gasteiger partial charge on any atom is 0.283 e. The average molecular weight is 242 g/mol. The first-order valence-electron chi connectivity index (χ1n) is 5.29. The van der Waals surface area contributed by atoms with Crippen LogP contribution in [-0.2, 0) is 0 Å². The van der Waals surface area contributed by atoms with Gasteiger partial charge in [0, 0.05) is 10.8 Å². The summed E-state index contributed by atoms with van der Waals surface area (Å²) < 4.78 is 0. The van der Waals surface area contributed by atoms with E-state index < -0.39 is 0 Å². The average Bonchev–Trinajstić information content (AvgIpc) is 2.61. The van der Waals surface area contributed by atoms with Crippen LogP contribution in [0.1, 0.15) is 5.56 Å². The smallest absolute Gasteiger partial charge is 0.283 e. The van der Waals surface area contributed by atoms with E-state index in [4.69, 9.17) is 11.4 Å². The Hall–Kier alpha value is -2.70. The first-order valence-corrected chi connectivity index (χ1v) is 5.29. The van der Waals surface area contributed by atoms with Crippen molar-refractivity contribution in [2.75, 3.05) is 5.84 Å². The van der Waals surface area contributed by atoms with Gasteiger partial charge in [-0.15, -0.1) is 5.11 Å². The maximum atomic E-state index is 12.1. The second kappa shape index (κ2) is 3.39. The molecular formula is C11H10N6O.